The van der Waals surface area contributed by atoms with Gasteiger partial charge in [-0.2, -0.15) is 5.10 Å². The molecule has 0 bridgehead atoms. The van der Waals surface area contributed by atoms with Gasteiger partial charge in [-0.15, -0.1) is 0 Å². The fourth-order valence-corrected chi connectivity index (χ4v) is 3.54. The Bertz CT molecular complexity index is 997. The molecule has 0 aliphatic carbocycles. The van der Waals surface area contributed by atoms with Gasteiger partial charge in [-0.1, -0.05) is 36.4 Å². The molecule has 1 aliphatic heterocycles. The van der Waals surface area contributed by atoms with Crippen LogP contribution in [-0.2, 0) is 16.0 Å². The van der Waals surface area contributed by atoms with Gasteiger partial charge in [-0.25, -0.2) is 4.68 Å². The van der Waals surface area contributed by atoms with Gasteiger partial charge in [0.05, 0.1) is 17.8 Å². The van der Waals surface area contributed by atoms with Crippen molar-refractivity contribution in [2.24, 2.45) is 0 Å². The molecule has 142 valence electrons. The lowest BCUT2D eigenvalue weighted by atomic mass is 9.89. The van der Waals surface area contributed by atoms with Crippen LogP contribution in [0.15, 0.2) is 67.0 Å². The number of nitrogens with zero attached hydrogens (tertiary/aromatic N) is 3. The minimum Gasteiger partial charge on any atom is -0.355 e. The van der Waals surface area contributed by atoms with Gasteiger partial charge in [0.2, 0.25) is 11.8 Å². The molecular weight excluding hydrogens is 352 g/mol. The van der Waals surface area contributed by atoms with Gasteiger partial charge in [-0.3, -0.25) is 9.59 Å². The van der Waals surface area contributed by atoms with E-state index < -0.39 is 5.92 Å². The summed E-state index contributed by atoms with van der Waals surface area (Å²) in [5, 5.41) is 7.36. The molecule has 0 radical (unpaired) electrons. The molecule has 0 saturated carbocycles. The molecule has 28 heavy (non-hydrogen) atoms. The predicted molar refractivity (Wildman–Crippen MR) is 107 cm³/mol. The van der Waals surface area contributed by atoms with Crippen LogP contribution in [-0.4, -0.2) is 35.2 Å². The number of hydrogen-bond donors (Lipinski definition) is 1. The summed E-state index contributed by atoms with van der Waals surface area (Å²) in [5.74, 6) is -0.584. The van der Waals surface area contributed by atoms with Crippen LogP contribution in [0.4, 0.5) is 5.69 Å². The number of aromatic nitrogens is 2. The van der Waals surface area contributed by atoms with Crippen molar-refractivity contribution in [1.29, 1.82) is 0 Å². The summed E-state index contributed by atoms with van der Waals surface area (Å²) in [7, 11) is 1.75. The summed E-state index contributed by atoms with van der Waals surface area (Å²) < 4.78 is 1.82. The van der Waals surface area contributed by atoms with Crippen molar-refractivity contribution in [2.45, 2.75) is 18.8 Å². The van der Waals surface area contributed by atoms with Gasteiger partial charge in [0.25, 0.3) is 0 Å². The summed E-state index contributed by atoms with van der Waals surface area (Å²) in [6.45, 7) is 0.502. The van der Waals surface area contributed by atoms with E-state index in [2.05, 4.69) is 10.4 Å². The van der Waals surface area contributed by atoms with Crippen LogP contribution >= 0.6 is 0 Å². The first-order valence-corrected chi connectivity index (χ1v) is 9.35. The fraction of sp³-hybridized carbons (Fsp3) is 0.227. The fourth-order valence-electron chi connectivity index (χ4n) is 3.54. The van der Waals surface area contributed by atoms with Gasteiger partial charge in [0.1, 0.15) is 0 Å². The highest BCUT2D eigenvalue weighted by Gasteiger charge is 2.33. The average molecular weight is 374 g/mol. The first-order chi connectivity index (χ1) is 13.6. The molecule has 2 aromatic carbocycles. The van der Waals surface area contributed by atoms with E-state index in [4.69, 9.17) is 0 Å². The lowest BCUT2D eigenvalue weighted by Gasteiger charge is -2.30. The van der Waals surface area contributed by atoms with Crippen LogP contribution in [0.2, 0.25) is 0 Å². The average Bonchev–Trinajstić information content (AvgIpc) is 3.20. The topological polar surface area (TPSA) is 67.2 Å². The van der Waals surface area contributed by atoms with Gasteiger partial charge >= 0.3 is 0 Å². The minimum absolute atomic E-state index is 0.0389. The SMILES string of the molecule is CN1C(=O)CC(C(=O)NCCc2cnn(-c3ccccc3)c2)c2ccccc21. The molecule has 2 amide bonds. The lowest BCUT2D eigenvalue weighted by molar-refractivity contribution is -0.127. The number of carbonyl (C=O) groups excluding carboxylic acids is 2. The van der Waals surface area contributed by atoms with Crippen LogP contribution < -0.4 is 10.2 Å². The van der Waals surface area contributed by atoms with Crippen molar-refractivity contribution in [3.05, 3.63) is 78.1 Å². The maximum absolute atomic E-state index is 12.7. The largest absolute Gasteiger partial charge is 0.355 e. The van der Waals surface area contributed by atoms with E-state index >= 15 is 0 Å². The molecular formula is C22H22N4O2. The molecule has 6 heteroatoms. The molecule has 4 rings (SSSR count). The molecule has 1 aromatic heterocycles. The Morgan fingerprint density at radius 2 is 1.89 bits per heavy atom. The number of amides is 2. The van der Waals surface area contributed by atoms with Crippen LogP contribution in [0, 0.1) is 0 Å². The molecule has 1 unspecified atom stereocenters. The van der Waals surface area contributed by atoms with E-state index in [0.717, 1.165) is 22.5 Å². The van der Waals surface area contributed by atoms with E-state index in [1.54, 1.807) is 11.9 Å². The third-order valence-corrected chi connectivity index (χ3v) is 5.11. The summed E-state index contributed by atoms with van der Waals surface area (Å²) in [6, 6.07) is 17.5. The smallest absolute Gasteiger partial charge is 0.228 e. The zero-order valence-corrected chi connectivity index (χ0v) is 15.7. The number of benzene rings is 2. The van der Waals surface area contributed by atoms with Crippen molar-refractivity contribution < 1.29 is 9.59 Å². The van der Waals surface area contributed by atoms with E-state index in [0.29, 0.717) is 13.0 Å². The first-order valence-electron chi connectivity index (χ1n) is 9.35. The Morgan fingerprint density at radius 3 is 2.71 bits per heavy atom. The van der Waals surface area contributed by atoms with Crippen LogP contribution in [0.25, 0.3) is 5.69 Å². The second-order valence-corrected chi connectivity index (χ2v) is 6.94. The summed E-state index contributed by atoms with van der Waals surface area (Å²) in [6.07, 6.45) is 4.66. The standard InChI is InChI=1S/C22H22N4O2/c1-25-20-10-6-5-9-18(20)19(13-21(25)27)22(28)23-12-11-16-14-24-26(15-16)17-7-3-2-4-8-17/h2-10,14-15,19H,11-13H2,1H3,(H,23,28). The number of nitrogens with one attached hydrogen (secondary N) is 1. The molecule has 2 heterocycles. The zero-order chi connectivity index (χ0) is 19.5. The van der Waals surface area contributed by atoms with Gasteiger partial charge in [0, 0.05) is 31.9 Å². The van der Waals surface area contributed by atoms with Crippen molar-refractivity contribution in [3.8, 4) is 5.69 Å². The van der Waals surface area contributed by atoms with Crippen molar-refractivity contribution in [3.63, 3.8) is 0 Å². The van der Waals surface area contributed by atoms with Crippen molar-refractivity contribution >= 4 is 17.5 Å². The quantitative estimate of drug-likeness (QED) is 0.747. The predicted octanol–water partition coefficient (Wildman–Crippen LogP) is 2.68. The minimum atomic E-state index is -0.438. The number of carbonyl (C=O) groups is 2. The number of hydrogen-bond acceptors (Lipinski definition) is 3. The van der Waals surface area contributed by atoms with Crippen LogP contribution in [0.5, 0.6) is 0 Å². The normalized spacial score (nSPS) is 16.0. The van der Waals surface area contributed by atoms with Gasteiger partial charge in [-0.05, 0) is 35.7 Å². The highest BCUT2D eigenvalue weighted by Crippen LogP contribution is 2.35. The Kier molecular flexibility index (Phi) is 4.93. The molecule has 1 aliphatic rings. The molecule has 6 nitrogen and oxygen atoms in total. The highest BCUT2D eigenvalue weighted by molar-refractivity contribution is 6.02. The van der Waals surface area contributed by atoms with Crippen LogP contribution in [0.3, 0.4) is 0 Å². The van der Waals surface area contributed by atoms with Crippen LogP contribution in [0.1, 0.15) is 23.5 Å². The Labute approximate surface area is 163 Å². The van der Waals surface area contributed by atoms with Crippen molar-refractivity contribution in [1.82, 2.24) is 15.1 Å². The maximum atomic E-state index is 12.7. The van der Waals surface area contributed by atoms with Gasteiger partial charge in [0.15, 0.2) is 0 Å². The van der Waals surface area contributed by atoms with E-state index in [-0.39, 0.29) is 18.2 Å². The Balaban J connectivity index is 1.38. The third kappa shape index (κ3) is 3.53. The monoisotopic (exact) mass is 374 g/mol. The number of rotatable bonds is 5. The summed E-state index contributed by atoms with van der Waals surface area (Å²) >= 11 is 0. The number of para-hydroxylation sites is 2. The maximum Gasteiger partial charge on any atom is 0.228 e. The molecule has 1 atom stereocenters. The van der Waals surface area contributed by atoms with Crippen molar-refractivity contribution in [2.75, 3.05) is 18.5 Å². The number of anilines is 1. The Hall–Kier alpha value is -3.41. The summed E-state index contributed by atoms with van der Waals surface area (Å²) in [4.78, 5) is 26.6. The molecule has 3 aromatic rings. The van der Waals surface area contributed by atoms with E-state index in [1.807, 2.05) is 71.7 Å². The molecule has 1 N–H and O–H groups in total. The van der Waals surface area contributed by atoms with Gasteiger partial charge < -0.3 is 10.2 Å². The third-order valence-electron chi connectivity index (χ3n) is 5.11. The zero-order valence-electron chi connectivity index (χ0n) is 15.7. The molecule has 0 fully saturated rings. The molecule has 0 saturated heterocycles. The Morgan fingerprint density at radius 1 is 1.14 bits per heavy atom. The molecule has 0 spiro atoms. The van der Waals surface area contributed by atoms with E-state index in [1.165, 1.54) is 0 Å². The highest BCUT2D eigenvalue weighted by atomic mass is 16.2. The lowest BCUT2D eigenvalue weighted by Crippen LogP contribution is -2.39. The second kappa shape index (κ2) is 7.68. The summed E-state index contributed by atoms with van der Waals surface area (Å²) in [5.41, 5.74) is 3.75. The van der Waals surface area contributed by atoms with E-state index in [9.17, 15) is 9.59 Å². The second-order valence-electron chi connectivity index (χ2n) is 6.94. The number of fused-ring (bicyclic) bond motifs is 1. The first kappa shape index (κ1) is 18.0.